The molecule has 2 N–H and O–H groups in total. The van der Waals surface area contributed by atoms with Gasteiger partial charge in [0.25, 0.3) is 0 Å². The van der Waals surface area contributed by atoms with E-state index in [2.05, 4.69) is 12.1 Å². The molecule has 0 unspecified atom stereocenters. The van der Waals surface area contributed by atoms with E-state index in [9.17, 15) is 4.79 Å². The van der Waals surface area contributed by atoms with Gasteiger partial charge in [0.1, 0.15) is 0 Å². The van der Waals surface area contributed by atoms with E-state index < -0.39 is 0 Å². The van der Waals surface area contributed by atoms with Gasteiger partial charge in [-0.1, -0.05) is 30.3 Å². The van der Waals surface area contributed by atoms with Crippen molar-refractivity contribution in [3.05, 3.63) is 35.9 Å². The van der Waals surface area contributed by atoms with E-state index in [1.165, 1.54) is 5.56 Å². The monoisotopic (exact) mass is 209 g/mol. The number of rotatable bonds is 5. The topological polar surface area (TPSA) is 43.1 Å². The van der Waals surface area contributed by atoms with Crippen LogP contribution in [0.3, 0.4) is 0 Å². The summed E-state index contributed by atoms with van der Waals surface area (Å²) in [6.07, 6.45) is 0.989. The molecule has 1 amide bonds. The van der Waals surface area contributed by atoms with Crippen LogP contribution in [-0.2, 0) is 11.2 Å². The van der Waals surface area contributed by atoms with E-state index in [1.807, 2.05) is 25.1 Å². The minimum absolute atomic E-state index is 0.0845. The fraction of sp³-hybridized carbons (Fsp3) is 0.364. The maximum atomic E-state index is 10.7. The summed E-state index contributed by atoms with van der Waals surface area (Å²) in [6, 6.07) is 10.2. The van der Waals surface area contributed by atoms with Crippen LogP contribution in [0.2, 0.25) is 0 Å². The maximum absolute atomic E-state index is 10.7. The number of primary amides is 1. The molecule has 1 aromatic rings. The largest absolute Gasteiger partial charge is 0.369 e. The van der Waals surface area contributed by atoms with Gasteiger partial charge < -0.3 is 5.73 Å². The Morgan fingerprint density at radius 1 is 1.43 bits per heavy atom. The number of nitrogens with two attached hydrogens (primary N) is 1. The standard InChI is InChI=1S/C11H15NOS/c1-9(11(12)13)14-8-7-10-5-3-2-4-6-10/h2-6,9H,7-8H2,1H3,(H2,12,13)/t9-/m1/s1. The number of aryl methyl sites for hydroxylation is 1. The second-order valence-corrected chi connectivity index (χ2v) is 4.60. The van der Waals surface area contributed by atoms with Crippen LogP contribution in [0.15, 0.2) is 30.3 Å². The first-order chi connectivity index (χ1) is 6.70. The molecule has 0 saturated carbocycles. The van der Waals surface area contributed by atoms with Gasteiger partial charge in [0.05, 0.1) is 5.25 Å². The first-order valence-corrected chi connectivity index (χ1v) is 5.70. The van der Waals surface area contributed by atoms with Crippen LogP contribution < -0.4 is 5.73 Å². The third-order valence-corrected chi connectivity index (χ3v) is 3.17. The van der Waals surface area contributed by atoms with Gasteiger partial charge in [0.15, 0.2) is 0 Å². The molecule has 0 aliphatic rings. The Hall–Kier alpha value is -0.960. The Bertz CT molecular complexity index is 287. The molecule has 0 fully saturated rings. The lowest BCUT2D eigenvalue weighted by Gasteiger charge is -2.06. The van der Waals surface area contributed by atoms with Crippen molar-refractivity contribution in [2.75, 3.05) is 5.75 Å². The smallest absolute Gasteiger partial charge is 0.230 e. The summed E-state index contributed by atoms with van der Waals surface area (Å²) in [5.74, 6) is 0.705. The average Bonchev–Trinajstić information content (AvgIpc) is 2.19. The summed E-state index contributed by atoms with van der Waals surface area (Å²) in [7, 11) is 0. The van der Waals surface area contributed by atoms with Crippen molar-refractivity contribution in [2.24, 2.45) is 5.73 Å². The Balaban J connectivity index is 2.26. The molecule has 0 saturated heterocycles. The lowest BCUT2D eigenvalue weighted by Crippen LogP contribution is -2.23. The zero-order valence-electron chi connectivity index (χ0n) is 8.27. The molecule has 1 atom stereocenters. The third kappa shape index (κ3) is 3.83. The highest BCUT2D eigenvalue weighted by atomic mass is 32.2. The van der Waals surface area contributed by atoms with Gasteiger partial charge in [0, 0.05) is 0 Å². The molecule has 1 rings (SSSR count). The van der Waals surface area contributed by atoms with Crippen molar-refractivity contribution in [3.8, 4) is 0 Å². The molecule has 76 valence electrons. The van der Waals surface area contributed by atoms with Crippen molar-refractivity contribution in [1.29, 1.82) is 0 Å². The average molecular weight is 209 g/mol. The maximum Gasteiger partial charge on any atom is 0.230 e. The van der Waals surface area contributed by atoms with Gasteiger partial charge in [-0.05, 0) is 24.7 Å². The number of carbonyl (C=O) groups is 1. The highest BCUT2D eigenvalue weighted by Gasteiger charge is 2.07. The predicted molar refractivity (Wildman–Crippen MR) is 61.3 cm³/mol. The zero-order valence-corrected chi connectivity index (χ0v) is 9.09. The van der Waals surface area contributed by atoms with Crippen LogP contribution >= 0.6 is 11.8 Å². The fourth-order valence-electron chi connectivity index (χ4n) is 1.08. The molecule has 2 nitrogen and oxygen atoms in total. The lowest BCUT2D eigenvalue weighted by molar-refractivity contribution is -0.117. The Labute approximate surface area is 88.9 Å². The second-order valence-electron chi connectivity index (χ2n) is 3.15. The molecule has 1 aromatic carbocycles. The summed E-state index contributed by atoms with van der Waals surface area (Å²) < 4.78 is 0. The van der Waals surface area contributed by atoms with Gasteiger partial charge in [-0.2, -0.15) is 0 Å². The highest BCUT2D eigenvalue weighted by Crippen LogP contribution is 2.12. The summed E-state index contributed by atoms with van der Waals surface area (Å²) in [5.41, 5.74) is 6.46. The summed E-state index contributed by atoms with van der Waals surface area (Å²) in [4.78, 5) is 10.7. The molecule has 0 bridgehead atoms. The molecular formula is C11H15NOS. The molecule has 0 aromatic heterocycles. The van der Waals surface area contributed by atoms with Gasteiger partial charge in [0.2, 0.25) is 5.91 Å². The number of benzene rings is 1. The van der Waals surface area contributed by atoms with Crippen LogP contribution in [0.1, 0.15) is 12.5 Å². The van der Waals surface area contributed by atoms with Crippen molar-refractivity contribution in [3.63, 3.8) is 0 Å². The minimum atomic E-state index is -0.233. The molecule has 0 aliphatic heterocycles. The Morgan fingerprint density at radius 2 is 2.07 bits per heavy atom. The molecule has 14 heavy (non-hydrogen) atoms. The normalized spacial score (nSPS) is 12.4. The molecule has 0 spiro atoms. The fourth-order valence-corrected chi connectivity index (χ4v) is 1.95. The zero-order chi connectivity index (χ0) is 10.4. The van der Waals surface area contributed by atoms with E-state index in [0.29, 0.717) is 0 Å². The Kier molecular flexibility index (Phi) is 4.53. The summed E-state index contributed by atoms with van der Waals surface area (Å²) >= 11 is 1.60. The predicted octanol–water partition coefficient (Wildman–Crippen LogP) is 1.84. The number of thioether (sulfide) groups is 1. The molecule has 0 radical (unpaired) electrons. The van der Waals surface area contributed by atoms with E-state index in [0.717, 1.165) is 12.2 Å². The van der Waals surface area contributed by atoms with E-state index in [4.69, 9.17) is 5.73 Å². The Morgan fingerprint density at radius 3 is 2.64 bits per heavy atom. The number of hydrogen-bond acceptors (Lipinski definition) is 2. The van der Waals surface area contributed by atoms with Gasteiger partial charge in [-0.25, -0.2) is 0 Å². The minimum Gasteiger partial charge on any atom is -0.369 e. The van der Waals surface area contributed by atoms with Crippen LogP contribution in [-0.4, -0.2) is 16.9 Å². The molecule has 0 aliphatic carbocycles. The van der Waals surface area contributed by atoms with Gasteiger partial charge in [-0.15, -0.1) is 11.8 Å². The summed E-state index contributed by atoms with van der Waals surface area (Å²) in [6.45, 7) is 1.85. The molecular weight excluding hydrogens is 194 g/mol. The first-order valence-electron chi connectivity index (χ1n) is 4.65. The second kappa shape index (κ2) is 5.70. The lowest BCUT2D eigenvalue weighted by atomic mass is 10.2. The van der Waals surface area contributed by atoms with Crippen molar-refractivity contribution >= 4 is 17.7 Å². The number of amides is 1. The highest BCUT2D eigenvalue weighted by molar-refractivity contribution is 8.00. The quantitative estimate of drug-likeness (QED) is 0.804. The van der Waals surface area contributed by atoms with Crippen molar-refractivity contribution in [2.45, 2.75) is 18.6 Å². The number of carbonyl (C=O) groups excluding carboxylic acids is 1. The van der Waals surface area contributed by atoms with Crippen LogP contribution in [0.4, 0.5) is 0 Å². The molecule has 3 heteroatoms. The first kappa shape index (κ1) is 11.1. The third-order valence-electron chi connectivity index (χ3n) is 2.00. The molecule has 0 heterocycles. The van der Waals surface area contributed by atoms with Crippen molar-refractivity contribution in [1.82, 2.24) is 0 Å². The van der Waals surface area contributed by atoms with Crippen LogP contribution in [0.25, 0.3) is 0 Å². The summed E-state index contributed by atoms with van der Waals surface area (Å²) in [5, 5.41) is -0.0845. The van der Waals surface area contributed by atoms with E-state index in [1.54, 1.807) is 11.8 Å². The SMILES string of the molecule is C[C@@H](SCCc1ccccc1)C(N)=O. The van der Waals surface area contributed by atoms with Crippen LogP contribution in [0.5, 0.6) is 0 Å². The van der Waals surface area contributed by atoms with Gasteiger partial charge >= 0.3 is 0 Å². The van der Waals surface area contributed by atoms with Crippen LogP contribution in [0, 0.1) is 0 Å². The van der Waals surface area contributed by atoms with Gasteiger partial charge in [-0.3, -0.25) is 4.79 Å². The number of hydrogen-bond donors (Lipinski definition) is 1. The van der Waals surface area contributed by atoms with Crippen molar-refractivity contribution < 1.29 is 4.79 Å². The van der Waals surface area contributed by atoms with E-state index >= 15 is 0 Å². The van der Waals surface area contributed by atoms with E-state index in [-0.39, 0.29) is 11.2 Å².